The largest absolute Gasteiger partial charge is 0.481 e. The average Bonchev–Trinajstić information content (AvgIpc) is 2.58. The highest BCUT2D eigenvalue weighted by molar-refractivity contribution is 6.30. The summed E-state index contributed by atoms with van der Waals surface area (Å²) in [5, 5.41) is 3.55. The van der Waals surface area contributed by atoms with Crippen LogP contribution in [0.1, 0.15) is 30.9 Å². The minimum Gasteiger partial charge on any atom is -0.481 e. The standard InChI is InChI=1S/C20H24ClNO2/c1-3-19(24-18-8-4-7-17(21)14-18)20(23)22-13-5-6-16-11-9-15(2)10-12-16/h4,7-12,14,19H,3,5-6,13H2,1-2H3,(H,22,23). The number of benzene rings is 2. The number of halogens is 1. The molecule has 0 aliphatic carbocycles. The number of ether oxygens (including phenoxy) is 1. The minimum absolute atomic E-state index is 0.0821. The molecular formula is C20H24ClNO2. The van der Waals surface area contributed by atoms with Crippen molar-refractivity contribution in [1.82, 2.24) is 5.32 Å². The van der Waals surface area contributed by atoms with Gasteiger partial charge in [0.15, 0.2) is 6.10 Å². The molecule has 2 rings (SSSR count). The topological polar surface area (TPSA) is 38.3 Å². The fourth-order valence-electron chi connectivity index (χ4n) is 2.40. The van der Waals surface area contributed by atoms with Crippen LogP contribution in [0.2, 0.25) is 5.02 Å². The van der Waals surface area contributed by atoms with Crippen molar-refractivity contribution in [2.24, 2.45) is 0 Å². The molecule has 0 aliphatic heterocycles. The Kier molecular flexibility index (Phi) is 7.13. The summed E-state index contributed by atoms with van der Waals surface area (Å²) in [7, 11) is 0. The van der Waals surface area contributed by atoms with Gasteiger partial charge in [-0.05, 0) is 49.9 Å². The van der Waals surface area contributed by atoms with Crippen molar-refractivity contribution in [3.63, 3.8) is 0 Å². The summed E-state index contributed by atoms with van der Waals surface area (Å²) in [4.78, 5) is 12.3. The minimum atomic E-state index is -0.497. The molecule has 0 aromatic heterocycles. The van der Waals surface area contributed by atoms with Crippen LogP contribution in [0.5, 0.6) is 5.75 Å². The molecule has 0 aliphatic rings. The molecule has 0 spiro atoms. The second-order valence-electron chi connectivity index (χ2n) is 5.85. The fourth-order valence-corrected chi connectivity index (χ4v) is 2.58. The monoisotopic (exact) mass is 345 g/mol. The van der Waals surface area contributed by atoms with Gasteiger partial charge in [0, 0.05) is 11.6 Å². The number of amides is 1. The lowest BCUT2D eigenvalue weighted by Gasteiger charge is -2.17. The number of rotatable bonds is 8. The smallest absolute Gasteiger partial charge is 0.261 e. The van der Waals surface area contributed by atoms with Gasteiger partial charge in [-0.15, -0.1) is 0 Å². The highest BCUT2D eigenvalue weighted by Crippen LogP contribution is 2.19. The van der Waals surface area contributed by atoms with Crippen LogP contribution in [0.25, 0.3) is 0 Å². The summed E-state index contributed by atoms with van der Waals surface area (Å²) in [6.07, 6.45) is 1.97. The van der Waals surface area contributed by atoms with E-state index in [1.165, 1.54) is 11.1 Å². The average molecular weight is 346 g/mol. The van der Waals surface area contributed by atoms with Gasteiger partial charge >= 0.3 is 0 Å². The number of aryl methyl sites for hydroxylation is 2. The van der Waals surface area contributed by atoms with Crippen molar-refractivity contribution in [3.05, 3.63) is 64.7 Å². The van der Waals surface area contributed by atoms with Gasteiger partial charge in [-0.2, -0.15) is 0 Å². The molecule has 2 aromatic carbocycles. The highest BCUT2D eigenvalue weighted by atomic mass is 35.5. The Morgan fingerprint density at radius 2 is 1.96 bits per heavy atom. The van der Waals surface area contributed by atoms with Gasteiger partial charge in [-0.25, -0.2) is 0 Å². The highest BCUT2D eigenvalue weighted by Gasteiger charge is 2.17. The number of carbonyl (C=O) groups excluding carboxylic acids is 1. The Bertz CT molecular complexity index is 655. The van der Waals surface area contributed by atoms with Crippen molar-refractivity contribution in [2.75, 3.05) is 6.54 Å². The molecule has 0 fully saturated rings. The Morgan fingerprint density at radius 1 is 1.21 bits per heavy atom. The maximum atomic E-state index is 12.3. The van der Waals surface area contributed by atoms with Gasteiger partial charge in [0.2, 0.25) is 0 Å². The van der Waals surface area contributed by atoms with E-state index in [0.29, 0.717) is 23.7 Å². The number of nitrogens with one attached hydrogen (secondary N) is 1. The first-order chi connectivity index (χ1) is 11.6. The lowest BCUT2D eigenvalue weighted by atomic mass is 10.1. The first kappa shape index (κ1) is 18.3. The first-order valence-electron chi connectivity index (χ1n) is 8.34. The van der Waals surface area contributed by atoms with Crippen molar-refractivity contribution in [3.8, 4) is 5.75 Å². The predicted molar refractivity (Wildman–Crippen MR) is 98.7 cm³/mol. The number of carbonyl (C=O) groups is 1. The van der Waals surface area contributed by atoms with Gasteiger partial charge < -0.3 is 10.1 Å². The van der Waals surface area contributed by atoms with Crippen molar-refractivity contribution in [2.45, 2.75) is 39.2 Å². The van der Waals surface area contributed by atoms with Gasteiger partial charge in [0.05, 0.1) is 0 Å². The fraction of sp³-hybridized carbons (Fsp3) is 0.350. The van der Waals surface area contributed by atoms with Crippen molar-refractivity contribution in [1.29, 1.82) is 0 Å². The van der Waals surface area contributed by atoms with E-state index in [1.54, 1.807) is 18.2 Å². The maximum Gasteiger partial charge on any atom is 0.261 e. The van der Waals surface area contributed by atoms with Gasteiger partial charge in [-0.1, -0.05) is 54.4 Å². The second-order valence-corrected chi connectivity index (χ2v) is 6.29. The molecule has 0 heterocycles. The Hall–Kier alpha value is -2.00. The van der Waals surface area contributed by atoms with E-state index in [9.17, 15) is 4.79 Å². The van der Waals surface area contributed by atoms with Crippen LogP contribution in [0.4, 0.5) is 0 Å². The van der Waals surface area contributed by atoms with E-state index in [-0.39, 0.29) is 5.91 Å². The molecule has 1 amide bonds. The lowest BCUT2D eigenvalue weighted by Crippen LogP contribution is -2.38. The third-order valence-corrected chi connectivity index (χ3v) is 4.03. The summed E-state index contributed by atoms with van der Waals surface area (Å²) < 4.78 is 5.74. The molecule has 0 saturated carbocycles. The summed E-state index contributed by atoms with van der Waals surface area (Å²) in [6.45, 7) is 4.65. The second kappa shape index (κ2) is 9.33. The molecule has 3 nitrogen and oxygen atoms in total. The third-order valence-electron chi connectivity index (χ3n) is 3.80. The van der Waals surface area contributed by atoms with Crippen LogP contribution in [-0.2, 0) is 11.2 Å². The van der Waals surface area contributed by atoms with E-state index >= 15 is 0 Å². The number of hydrogen-bond acceptors (Lipinski definition) is 2. The van der Waals surface area contributed by atoms with E-state index in [1.807, 2.05) is 13.0 Å². The molecule has 2 aromatic rings. The molecule has 4 heteroatoms. The Balaban J connectivity index is 1.76. The molecule has 0 saturated heterocycles. The van der Waals surface area contributed by atoms with Crippen LogP contribution in [0.3, 0.4) is 0 Å². The first-order valence-corrected chi connectivity index (χ1v) is 8.71. The van der Waals surface area contributed by atoms with Gasteiger partial charge in [0.1, 0.15) is 5.75 Å². The molecule has 128 valence electrons. The van der Waals surface area contributed by atoms with E-state index in [0.717, 1.165) is 12.8 Å². The maximum absolute atomic E-state index is 12.3. The molecule has 0 radical (unpaired) electrons. The zero-order valence-electron chi connectivity index (χ0n) is 14.2. The van der Waals surface area contributed by atoms with Crippen LogP contribution in [0.15, 0.2) is 48.5 Å². The molecule has 1 N–H and O–H groups in total. The van der Waals surface area contributed by atoms with Gasteiger partial charge in [-0.3, -0.25) is 4.79 Å². The third kappa shape index (κ3) is 5.89. The van der Waals surface area contributed by atoms with Crippen molar-refractivity contribution < 1.29 is 9.53 Å². The Morgan fingerprint density at radius 3 is 2.62 bits per heavy atom. The molecular weight excluding hydrogens is 322 g/mol. The quantitative estimate of drug-likeness (QED) is 0.712. The summed E-state index contributed by atoms with van der Waals surface area (Å²) in [5.41, 5.74) is 2.55. The van der Waals surface area contributed by atoms with Crippen LogP contribution >= 0.6 is 11.6 Å². The zero-order valence-corrected chi connectivity index (χ0v) is 15.0. The van der Waals surface area contributed by atoms with Gasteiger partial charge in [0.25, 0.3) is 5.91 Å². The summed E-state index contributed by atoms with van der Waals surface area (Å²) in [6, 6.07) is 15.6. The summed E-state index contributed by atoms with van der Waals surface area (Å²) >= 11 is 5.94. The SMILES string of the molecule is CCC(Oc1cccc(Cl)c1)C(=O)NCCCc1ccc(C)cc1. The normalized spacial score (nSPS) is 11.8. The van der Waals surface area contributed by atoms with Crippen LogP contribution < -0.4 is 10.1 Å². The summed E-state index contributed by atoms with van der Waals surface area (Å²) in [5.74, 6) is 0.533. The van der Waals surface area contributed by atoms with Crippen LogP contribution in [0, 0.1) is 6.92 Å². The zero-order chi connectivity index (χ0) is 17.4. The van der Waals surface area contributed by atoms with Crippen LogP contribution in [-0.4, -0.2) is 18.6 Å². The van der Waals surface area contributed by atoms with E-state index in [2.05, 4.69) is 36.5 Å². The molecule has 24 heavy (non-hydrogen) atoms. The van der Waals surface area contributed by atoms with E-state index < -0.39 is 6.10 Å². The van der Waals surface area contributed by atoms with Crippen molar-refractivity contribution >= 4 is 17.5 Å². The molecule has 1 unspecified atom stereocenters. The lowest BCUT2D eigenvalue weighted by molar-refractivity contribution is -0.128. The Labute approximate surface area is 149 Å². The van der Waals surface area contributed by atoms with E-state index in [4.69, 9.17) is 16.3 Å². The number of hydrogen-bond donors (Lipinski definition) is 1. The molecule has 0 bridgehead atoms. The predicted octanol–water partition coefficient (Wildman–Crippen LogP) is 4.55. The molecule has 1 atom stereocenters.